The van der Waals surface area contributed by atoms with Gasteiger partial charge in [-0.3, -0.25) is 0 Å². The van der Waals surface area contributed by atoms with Crippen LogP contribution in [0.2, 0.25) is 0 Å². The van der Waals surface area contributed by atoms with E-state index in [4.69, 9.17) is 0 Å². The molecule has 1 fully saturated rings. The second-order valence-corrected chi connectivity index (χ2v) is 4.64. The molecule has 0 aromatic heterocycles. The van der Waals surface area contributed by atoms with Crippen molar-refractivity contribution in [3.63, 3.8) is 0 Å². The second kappa shape index (κ2) is 5.61. The Morgan fingerprint density at radius 3 is 2.85 bits per heavy atom. The highest BCUT2D eigenvalue weighted by Crippen LogP contribution is 2.19. The molecule has 1 aliphatic heterocycles. The molecule has 0 amide bonds. The Bertz CT molecular complexity index is 136. The van der Waals surface area contributed by atoms with Gasteiger partial charge in [-0.15, -0.1) is 0 Å². The van der Waals surface area contributed by atoms with Crippen molar-refractivity contribution < 1.29 is 5.11 Å². The van der Waals surface area contributed by atoms with E-state index in [0.717, 1.165) is 25.4 Å². The third kappa shape index (κ3) is 4.10. The van der Waals surface area contributed by atoms with E-state index in [9.17, 15) is 5.11 Å². The van der Waals surface area contributed by atoms with Gasteiger partial charge in [-0.1, -0.05) is 26.7 Å². The fourth-order valence-electron chi connectivity index (χ4n) is 1.99. The highest BCUT2D eigenvalue weighted by Gasteiger charge is 2.21. The molecule has 0 bridgehead atoms. The second-order valence-electron chi connectivity index (χ2n) is 4.64. The molecule has 1 heterocycles. The van der Waals surface area contributed by atoms with E-state index in [-0.39, 0.29) is 6.10 Å². The fourth-order valence-corrected chi connectivity index (χ4v) is 1.99. The number of nitrogens with one attached hydrogen (secondary N) is 1. The third-order valence-corrected chi connectivity index (χ3v) is 2.92. The molecule has 2 heteroatoms. The average Bonchev–Trinajstić information content (AvgIpc) is 2.08. The third-order valence-electron chi connectivity index (χ3n) is 2.92. The first-order chi connectivity index (χ1) is 6.20. The first kappa shape index (κ1) is 11.0. The zero-order valence-corrected chi connectivity index (χ0v) is 8.92. The normalized spacial score (nSPS) is 29.5. The molecule has 0 aromatic carbocycles. The number of rotatable bonds is 4. The predicted molar refractivity (Wildman–Crippen MR) is 55.7 cm³/mol. The minimum atomic E-state index is -0.0478. The molecule has 0 aliphatic carbocycles. The molecule has 1 saturated heterocycles. The highest BCUT2D eigenvalue weighted by atomic mass is 16.3. The SMILES string of the molecule is CC(C)CCCC1CNCCC1O. The van der Waals surface area contributed by atoms with E-state index in [0.29, 0.717) is 5.92 Å². The molecular formula is C11H23NO. The standard InChI is InChI=1S/C11H23NO/c1-9(2)4-3-5-10-8-12-7-6-11(10)13/h9-13H,3-8H2,1-2H3. The molecule has 1 aliphatic rings. The van der Waals surface area contributed by atoms with Crippen LogP contribution in [-0.2, 0) is 0 Å². The van der Waals surface area contributed by atoms with Gasteiger partial charge in [-0.05, 0) is 31.2 Å². The van der Waals surface area contributed by atoms with E-state index < -0.39 is 0 Å². The number of aliphatic hydroxyl groups excluding tert-OH is 1. The molecule has 0 aromatic rings. The Labute approximate surface area is 81.7 Å². The van der Waals surface area contributed by atoms with Crippen molar-refractivity contribution in [1.29, 1.82) is 0 Å². The van der Waals surface area contributed by atoms with Crippen molar-refractivity contribution in [3.05, 3.63) is 0 Å². The van der Waals surface area contributed by atoms with E-state index in [1.807, 2.05) is 0 Å². The predicted octanol–water partition coefficient (Wildman–Crippen LogP) is 1.78. The molecule has 2 N–H and O–H groups in total. The Morgan fingerprint density at radius 2 is 2.23 bits per heavy atom. The van der Waals surface area contributed by atoms with E-state index >= 15 is 0 Å². The van der Waals surface area contributed by atoms with Crippen LogP contribution < -0.4 is 5.32 Å². The zero-order chi connectivity index (χ0) is 9.68. The van der Waals surface area contributed by atoms with Crippen molar-refractivity contribution in [3.8, 4) is 0 Å². The summed E-state index contributed by atoms with van der Waals surface area (Å²) in [5, 5.41) is 13.0. The van der Waals surface area contributed by atoms with E-state index in [2.05, 4.69) is 19.2 Å². The van der Waals surface area contributed by atoms with E-state index in [1.54, 1.807) is 0 Å². The summed E-state index contributed by atoms with van der Waals surface area (Å²) in [6.07, 6.45) is 4.64. The molecule has 0 saturated carbocycles. The molecule has 2 atom stereocenters. The number of hydrogen-bond acceptors (Lipinski definition) is 2. The van der Waals surface area contributed by atoms with Crippen LogP contribution in [0.15, 0.2) is 0 Å². The maximum atomic E-state index is 9.69. The highest BCUT2D eigenvalue weighted by molar-refractivity contribution is 4.77. The molecule has 1 rings (SSSR count). The number of aliphatic hydroxyl groups is 1. The van der Waals surface area contributed by atoms with Crippen molar-refractivity contribution in [1.82, 2.24) is 5.32 Å². The molecule has 2 nitrogen and oxygen atoms in total. The van der Waals surface area contributed by atoms with E-state index in [1.165, 1.54) is 19.3 Å². The van der Waals surface area contributed by atoms with Gasteiger partial charge in [0.1, 0.15) is 0 Å². The fraction of sp³-hybridized carbons (Fsp3) is 1.00. The first-order valence-corrected chi connectivity index (χ1v) is 5.59. The summed E-state index contributed by atoms with van der Waals surface area (Å²) < 4.78 is 0. The Hall–Kier alpha value is -0.0800. The summed E-state index contributed by atoms with van der Waals surface area (Å²) >= 11 is 0. The zero-order valence-electron chi connectivity index (χ0n) is 8.92. The Balaban J connectivity index is 2.11. The lowest BCUT2D eigenvalue weighted by Crippen LogP contribution is -2.39. The average molecular weight is 185 g/mol. The van der Waals surface area contributed by atoms with Crippen molar-refractivity contribution >= 4 is 0 Å². The maximum Gasteiger partial charge on any atom is 0.0592 e. The van der Waals surface area contributed by atoms with Crippen molar-refractivity contribution in [2.45, 2.75) is 45.6 Å². The van der Waals surface area contributed by atoms with Crippen LogP contribution in [0, 0.1) is 11.8 Å². The summed E-state index contributed by atoms with van der Waals surface area (Å²) in [4.78, 5) is 0. The quantitative estimate of drug-likeness (QED) is 0.700. The van der Waals surface area contributed by atoms with Gasteiger partial charge in [0, 0.05) is 6.54 Å². The van der Waals surface area contributed by atoms with Gasteiger partial charge in [0.25, 0.3) is 0 Å². The maximum absolute atomic E-state index is 9.69. The minimum Gasteiger partial charge on any atom is -0.393 e. The number of piperidine rings is 1. The smallest absolute Gasteiger partial charge is 0.0592 e. The van der Waals surface area contributed by atoms with Gasteiger partial charge in [-0.2, -0.15) is 0 Å². The van der Waals surface area contributed by atoms with Crippen molar-refractivity contribution in [2.75, 3.05) is 13.1 Å². The lowest BCUT2D eigenvalue weighted by atomic mass is 9.90. The topological polar surface area (TPSA) is 32.3 Å². The van der Waals surface area contributed by atoms with Crippen LogP contribution in [0.25, 0.3) is 0 Å². The summed E-state index contributed by atoms with van der Waals surface area (Å²) in [6, 6.07) is 0. The molecule has 0 spiro atoms. The van der Waals surface area contributed by atoms with Gasteiger partial charge in [-0.25, -0.2) is 0 Å². The molecule has 0 radical (unpaired) electrons. The van der Waals surface area contributed by atoms with Gasteiger partial charge >= 0.3 is 0 Å². The minimum absolute atomic E-state index is 0.0478. The van der Waals surface area contributed by atoms with Gasteiger partial charge in [0.2, 0.25) is 0 Å². The molecule has 13 heavy (non-hydrogen) atoms. The van der Waals surface area contributed by atoms with Crippen LogP contribution in [0.1, 0.15) is 39.5 Å². The lowest BCUT2D eigenvalue weighted by Gasteiger charge is -2.28. The van der Waals surface area contributed by atoms with Crippen LogP contribution >= 0.6 is 0 Å². The van der Waals surface area contributed by atoms with Gasteiger partial charge < -0.3 is 10.4 Å². The largest absolute Gasteiger partial charge is 0.393 e. The Morgan fingerprint density at radius 1 is 1.46 bits per heavy atom. The number of hydrogen-bond donors (Lipinski definition) is 2. The summed E-state index contributed by atoms with van der Waals surface area (Å²) in [6.45, 7) is 6.52. The van der Waals surface area contributed by atoms with Crippen LogP contribution in [0.4, 0.5) is 0 Å². The lowest BCUT2D eigenvalue weighted by molar-refractivity contribution is 0.0726. The van der Waals surface area contributed by atoms with Crippen LogP contribution in [0.3, 0.4) is 0 Å². The first-order valence-electron chi connectivity index (χ1n) is 5.59. The van der Waals surface area contributed by atoms with Gasteiger partial charge in [0.15, 0.2) is 0 Å². The summed E-state index contributed by atoms with van der Waals surface area (Å²) in [5.41, 5.74) is 0. The van der Waals surface area contributed by atoms with Crippen LogP contribution in [-0.4, -0.2) is 24.3 Å². The summed E-state index contributed by atoms with van der Waals surface area (Å²) in [7, 11) is 0. The molecule has 2 unspecified atom stereocenters. The summed E-state index contributed by atoms with van der Waals surface area (Å²) in [5.74, 6) is 1.31. The molecular weight excluding hydrogens is 162 g/mol. The Kier molecular flexibility index (Phi) is 4.74. The molecule has 78 valence electrons. The van der Waals surface area contributed by atoms with Crippen LogP contribution in [0.5, 0.6) is 0 Å². The van der Waals surface area contributed by atoms with Gasteiger partial charge in [0.05, 0.1) is 6.10 Å². The monoisotopic (exact) mass is 185 g/mol. The van der Waals surface area contributed by atoms with Crippen molar-refractivity contribution in [2.24, 2.45) is 11.8 Å².